The fourth-order valence-electron chi connectivity index (χ4n) is 2.88. The third kappa shape index (κ3) is 3.04. The van der Waals surface area contributed by atoms with E-state index in [9.17, 15) is 0 Å². The molecule has 120 valence electrons. The van der Waals surface area contributed by atoms with Gasteiger partial charge in [0, 0.05) is 23.5 Å². The Morgan fingerprint density at radius 2 is 1.57 bits per heavy atom. The zero-order valence-corrected chi connectivity index (χ0v) is 13.8. The van der Waals surface area contributed by atoms with Crippen LogP contribution in [0.1, 0.15) is 24.8 Å². The van der Waals surface area contributed by atoms with Crippen molar-refractivity contribution in [2.24, 2.45) is 0 Å². The van der Waals surface area contributed by atoms with Crippen LogP contribution in [-0.2, 0) is 20.1 Å². The zero-order chi connectivity index (χ0) is 15.6. The summed E-state index contributed by atoms with van der Waals surface area (Å²) in [6.07, 6.45) is 2.98. The van der Waals surface area contributed by atoms with Gasteiger partial charge in [0.15, 0.2) is 5.60 Å². The maximum atomic E-state index is 6.10. The van der Waals surface area contributed by atoms with E-state index in [-0.39, 0.29) is 0 Å². The number of rotatable bonds is 4. The molecule has 0 bridgehead atoms. The summed E-state index contributed by atoms with van der Waals surface area (Å²) in [5.41, 5.74) is 0.528. The minimum absolute atomic E-state index is 0.490. The number of hydrogen-bond acceptors (Lipinski definition) is 4. The first-order valence-corrected chi connectivity index (χ1v) is 9.03. The van der Waals surface area contributed by atoms with Crippen LogP contribution >= 0.6 is 11.8 Å². The molecule has 1 heterocycles. The number of benzene rings is 2. The zero-order valence-electron chi connectivity index (χ0n) is 12.9. The van der Waals surface area contributed by atoms with Gasteiger partial charge in [-0.05, 0) is 24.1 Å². The van der Waals surface area contributed by atoms with E-state index >= 15 is 0 Å². The predicted octanol–water partition coefficient (Wildman–Crippen LogP) is 4.53. The molecule has 2 fully saturated rings. The molecule has 0 aromatic heterocycles. The quantitative estimate of drug-likeness (QED) is 0.609. The van der Waals surface area contributed by atoms with Crippen LogP contribution in [0.4, 0.5) is 0 Å². The molecular formula is C19H20O3S. The Balaban J connectivity index is 1.54. The first-order valence-electron chi connectivity index (χ1n) is 8.05. The van der Waals surface area contributed by atoms with Crippen molar-refractivity contribution in [1.29, 1.82) is 0 Å². The van der Waals surface area contributed by atoms with Crippen molar-refractivity contribution in [2.45, 2.75) is 35.5 Å². The smallest absolute Gasteiger partial charge is 0.201 e. The summed E-state index contributed by atoms with van der Waals surface area (Å²) in [5.74, 6) is 0.257. The van der Waals surface area contributed by atoms with Crippen LogP contribution < -0.4 is 0 Å². The van der Waals surface area contributed by atoms with Crippen LogP contribution in [0.2, 0.25) is 0 Å². The van der Waals surface area contributed by atoms with Gasteiger partial charge in [-0.2, -0.15) is 0 Å². The van der Waals surface area contributed by atoms with Crippen molar-refractivity contribution in [2.75, 3.05) is 12.4 Å². The van der Waals surface area contributed by atoms with Crippen molar-refractivity contribution in [3.8, 4) is 0 Å². The monoisotopic (exact) mass is 328 g/mol. The Morgan fingerprint density at radius 3 is 2.13 bits per heavy atom. The first-order chi connectivity index (χ1) is 11.3. The predicted molar refractivity (Wildman–Crippen MR) is 90.0 cm³/mol. The van der Waals surface area contributed by atoms with Gasteiger partial charge in [0.05, 0.1) is 6.61 Å². The maximum absolute atomic E-state index is 6.10. The van der Waals surface area contributed by atoms with Gasteiger partial charge in [-0.25, -0.2) is 9.78 Å². The van der Waals surface area contributed by atoms with E-state index < -0.39 is 11.4 Å². The number of thioether (sulfide) groups is 1. The van der Waals surface area contributed by atoms with Crippen LogP contribution in [0.25, 0.3) is 0 Å². The Morgan fingerprint density at radius 1 is 0.870 bits per heavy atom. The highest BCUT2D eigenvalue weighted by atomic mass is 32.2. The van der Waals surface area contributed by atoms with Crippen LogP contribution in [0.5, 0.6) is 0 Å². The lowest BCUT2D eigenvalue weighted by Crippen LogP contribution is -2.54. The standard InChI is InChI=1S/C19H20O3S/c1-3-8-16(9-4-1)18(15-23-17-10-5-2-6-11-17)14-20-19(22-21-18)12-7-13-19/h1-6,8-11H,7,12-15H2. The summed E-state index contributed by atoms with van der Waals surface area (Å²) in [5, 5.41) is 0. The van der Waals surface area contributed by atoms with Crippen molar-refractivity contribution in [3.05, 3.63) is 66.2 Å². The topological polar surface area (TPSA) is 27.7 Å². The molecule has 1 unspecified atom stereocenters. The largest absolute Gasteiger partial charge is 0.344 e. The van der Waals surface area contributed by atoms with Gasteiger partial charge < -0.3 is 4.74 Å². The van der Waals surface area contributed by atoms with Crippen molar-refractivity contribution >= 4 is 11.8 Å². The highest BCUT2D eigenvalue weighted by Crippen LogP contribution is 2.46. The highest BCUT2D eigenvalue weighted by molar-refractivity contribution is 7.99. The maximum Gasteiger partial charge on any atom is 0.201 e. The fourth-order valence-corrected chi connectivity index (χ4v) is 3.93. The summed E-state index contributed by atoms with van der Waals surface area (Å²) in [6, 6.07) is 20.6. The van der Waals surface area contributed by atoms with E-state index in [0.717, 1.165) is 30.6 Å². The molecule has 1 aliphatic carbocycles. The molecule has 1 saturated carbocycles. The molecule has 2 aromatic rings. The molecule has 2 aromatic carbocycles. The normalized spacial score (nSPS) is 25.9. The van der Waals surface area contributed by atoms with E-state index in [1.807, 2.05) is 24.3 Å². The Kier molecular flexibility index (Phi) is 4.16. The highest BCUT2D eigenvalue weighted by Gasteiger charge is 2.51. The van der Waals surface area contributed by atoms with Gasteiger partial charge in [-0.1, -0.05) is 48.5 Å². The lowest BCUT2D eigenvalue weighted by Gasteiger charge is -2.48. The van der Waals surface area contributed by atoms with Gasteiger partial charge in [-0.15, -0.1) is 11.8 Å². The average Bonchev–Trinajstić information content (AvgIpc) is 2.61. The Hall–Kier alpha value is -1.33. The SMILES string of the molecule is c1ccc(SCC2(c3ccccc3)COC3(CCC3)OO2)cc1. The summed E-state index contributed by atoms with van der Waals surface area (Å²) in [7, 11) is 0. The first kappa shape index (κ1) is 15.2. The fraction of sp³-hybridized carbons (Fsp3) is 0.368. The molecule has 1 saturated heterocycles. The minimum atomic E-state index is -0.567. The van der Waals surface area contributed by atoms with Gasteiger partial charge in [0.2, 0.25) is 5.79 Å². The van der Waals surface area contributed by atoms with E-state index in [2.05, 4.69) is 36.4 Å². The molecule has 1 spiro atoms. The van der Waals surface area contributed by atoms with E-state index in [1.165, 1.54) is 4.90 Å². The molecule has 4 rings (SSSR count). The van der Waals surface area contributed by atoms with Gasteiger partial charge >= 0.3 is 0 Å². The molecule has 0 N–H and O–H groups in total. The third-order valence-corrected chi connectivity index (χ3v) is 5.77. The molecule has 0 radical (unpaired) electrons. The lowest BCUT2D eigenvalue weighted by molar-refractivity contribution is -0.528. The molecular weight excluding hydrogens is 308 g/mol. The second-order valence-electron chi connectivity index (χ2n) is 6.18. The second-order valence-corrected chi connectivity index (χ2v) is 7.23. The molecule has 1 atom stereocenters. The van der Waals surface area contributed by atoms with Gasteiger partial charge in [0.25, 0.3) is 0 Å². The molecule has 0 amide bonds. The van der Waals surface area contributed by atoms with Crippen LogP contribution in [-0.4, -0.2) is 18.1 Å². The van der Waals surface area contributed by atoms with E-state index in [4.69, 9.17) is 14.5 Å². The van der Waals surface area contributed by atoms with Crippen LogP contribution in [0, 0.1) is 0 Å². The minimum Gasteiger partial charge on any atom is -0.344 e. The van der Waals surface area contributed by atoms with Crippen LogP contribution in [0.3, 0.4) is 0 Å². The molecule has 3 nitrogen and oxygen atoms in total. The number of ether oxygens (including phenoxy) is 1. The van der Waals surface area contributed by atoms with Crippen molar-refractivity contribution < 1.29 is 14.5 Å². The van der Waals surface area contributed by atoms with Gasteiger partial charge in [0.1, 0.15) is 0 Å². The molecule has 2 aliphatic rings. The molecule has 23 heavy (non-hydrogen) atoms. The summed E-state index contributed by atoms with van der Waals surface area (Å²) in [6.45, 7) is 0.525. The Labute approximate surface area is 140 Å². The molecule has 4 heteroatoms. The van der Waals surface area contributed by atoms with Crippen molar-refractivity contribution in [3.63, 3.8) is 0 Å². The second kappa shape index (κ2) is 6.29. The lowest BCUT2D eigenvalue weighted by atomic mass is 9.90. The number of hydrogen-bond donors (Lipinski definition) is 0. The average molecular weight is 328 g/mol. The van der Waals surface area contributed by atoms with Crippen LogP contribution in [0.15, 0.2) is 65.6 Å². The summed E-state index contributed by atoms with van der Waals surface area (Å²) >= 11 is 1.76. The van der Waals surface area contributed by atoms with Crippen molar-refractivity contribution in [1.82, 2.24) is 0 Å². The van der Waals surface area contributed by atoms with Gasteiger partial charge in [-0.3, -0.25) is 0 Å². The summed E-state index contributed by atoms with van der Waals surface area (Å²) in [4.78, 5) is 12.9. The van der Waals surface area contributed by atoms with E-state index in [1.54, 1.807) is 11.8 Å². The third-order valence-electron chi connectivity index (χ3n) is 4.55. The summed E-state index contributed by atoms with van der Waals surface area (Å²) < 4.78 is 6.10. The Bertz CT molecular complexity index is 630. The molecule has 1 aliphatic heterocycles. The van der Waals surface area contributed by atoms with E-state index in [0.29, 0.717) is 6.61 Å².